The highest BCUT2D eigenvalue weighted by Crippen LogP contribution is 2.34. The lowest BCUT2D eigenvalue weighted by molar-refractivity contribution is -0.00353. The van der Waals surface area contributed by atoms with Gasteiger partial charge in [-0.2, -0.15) is 0 Å². The SMILES string of the molecule is C[C@H]1CN(C(=O)NCCOc2ccc3c(c2)OCO3)CCO1. The molecule has 1 saturated heterocycles. The van der Waals surface area contributed by atoms with Crippen LogP contribution in [-0.2, 0) is 4.74 Å². The monoisotopic (exact) mass is 308 g/mol. The second kappa shape index (κ2) is 6.74. The van der Waals surface area contributed by atoms with Crippen molar-refractivity contribution in [2.24, 2.45) is 0 Å². The molecule has 2 amide bonds. The number of nitrogens with zero attached hydrogens (tertiary/aromatic N) is 1. The third kappa shape index (κ3) is 3.54. The zero-order valence-corrected chi connectivity index (χ0v) is 12.5. The van der Waals surface area contributed by atoms with Gasteiger partial charge in [0.15, 0.2) is 11.5 Å². The maximum Gasteiger partial charge on any atom is 0.317 e. The van der Waals surface area contributed by atoms with Gasteiger partial charge in [-0.15, -0.1) is 0 Å². The van der Waals surface area contributed by atoms with Gasteiger partial charge in [-0.25, -0.2) is 4.79 Å². The van der Waals surface area contributed by atoms with Crippen LogP contribution in [0.5, 0.6) is 17.2 Å². The molecule has 0 aliphatic carbocycles. The summed E-state index contributed by atoms with van der Waals surface area (Å²) in [7, 11) is 0. The quantitative estimate of drug-likeness (QED) is 0.847. The Morgan fingerprint density at radius 1 is 1.41 bits per heavy atom. The Morgan fingerprint density at radius 3 is 3.14 bits per heavy atom. The predicted molar refractivity (Wildman–Crippen MR) is 78.4 cm³/mol. The van der Waals surface area contributed by atoms with Crippen molar-refractivity contribution in [3.63, 3.8) is 0 Å². The van der Waals surface area contributed by atoms with Gasteiger partial charge in [0.25, 0.3) is 0 Å². The molecule has 0 bridgehead atoms. The van der Waals surface area contributed by atoms with E-state index in [0.29, 0.717) is 44.3 Å². The second-order valence-electron chi connectivity index (χ2n) is 5.22. The van der Waals surface area contributed by atoms with Crippen LogP contribution in [0.2, 0.25) is 0 Å². The topological polar surface area (TPSA) is 69.3 Å². The minimum absolute atomic E-state index is 0.0792. The number of rotatable bonds is 4. The van der Waals surface area contributed by atoms with E-state index < -0.39 is 0 Å². The van der Waals surface area contributed by atoms with Gasteiger partial charge in [0, 0.05) is 19.2 Å². The molecule has 1 N–H and O–H groups in total. The molecule has 2 aliphatic heterocycles. The van der Waals surface area contributed by atoms with Crippen molar-refractivity contribution in [3.05, 3.63) is 18.2 Å². The molecule has 7 heteroatoms. The van der Waals surface area contributed by atoms with E-state index in [1.54, 1.807) is 11.0 Å². The van der Waals surface area contributed by atoms with Crippen LogP contribution in [0, 0.1) is 0 Å². The first-order chi connectivity index (χ1) is 10.7. The van der Waals surface area contributed by atoms with Crippen LogP contribution in [-0.4, -0.2) is 56.7 Å². The summed E-state index contributed by atoms with van der Waals surface area (Å²) in [5.41, 5.74) is 0. The van der Waals surface area contributed by atoms with Gasteiger partial charge in [-0.1, -0.05) is 0 Å². The summed E-state index contributed by atoms with van der Waals surface area (Å²) < 4.78 is 21.5. The molecule has 1 fully saturated rings. The smallest absolute Gasteiger partial charge is 0.317 e. The highest BCUT2D eigenvalue weighted by Gasteiger charge is 2.20. The zero-order valence-electron chi connectivity index (χ0n) is 12.5. The maximum atomic E-state index is 12.0. The first-order valence-corrected chi connectivity index (χ1v) is 7.39. The van der Waals surface area contributed by atoms with E-state index in [4.69, 9.17) is 18.9 Å². The lowest BCUT2D eigenvalue weighted by atomic mass is 10.3. The van der Waals surface area contributed by atoms with E-state index in [0.717, 1.165) is 5.75 Å². The van der Waals surface area contributed by atoms with Crippen LogP contribution in [0.25, 0.3) is 0 Å². The van der Waals surface area contributed by atoms with Crippen molar-refractivity contribution < 1.29 is 23.7 Å². The first kappa shape index (κ1) is 14.8. The summed E-state index contributed by atoms with van der Waals surface area (Å²) >= 11 is 0. The van der Waals surface area contributed by atoms with Gasteiger partial charge >= 0.3 is 6.03 Å². The lowest BCUT2D eigenvalue weighted by Gasteiger charge is -2.31. The molecular formula is C15H20N2O5. The molecular weight excluding hydrogens is 288 g/mol. The zero-order chi connectivity index (χ0) is 15.4. The first-order valence-electron chi connectivity index (χ1n) is 7.39. The van der Waals surface area contributed by atoms with Gasteiger partial charge in [0.2, 0.25) is 6.79 Å². The Kier molecular flexibility index (Phi) is 4.53. The van der Waals surface area contributed by atoms with Gasteiger partial charge in [0.05, 0.1) is 19.3 Å². The summed E-state index contributed by atoms with van der Waals surface area (Å²) in [5.74, 6) is 2.10. The Hall–Kier alpha value is -2.15. The van der Waals surface area contributed by atoms with Gasteiger partial charge in [-0.3, -0.25) is 0 Å². The minimum Gasteiger partial charge on any atom is -0.492 e. The Labute approximate surface area is 129 Å². The molecule has 2 aliphatic rings. The molecule has 1 aromatic rings. The predicted octanol–water partition coefficient (Wildman–Crippen LogP) is 1.22. The molecule has 0 spiro atoms. The number of hydrogen-bond acceptors (Lipinski definition) is 5. The fourth-order valence-electron chi connectivity index (χ4n) is 2.41. The highest BCUT2D eigenvalue weighted by atomic mass is 16.7. The van der Waals surface area contributed by atoms with Crippen molar-refractivity contribution in [3.8, 4) is 17.2 Å². The number of benzene rings is 1. The van der Waals surface area contributed by atoms with E-state index in [1.165, 1.54) is 0 Å². The molecule has 7 nitrogen and oxygen atoms in total. The molecule has 22 heavy (non-hydrogen) atoms. The van der Waals surface area contributed by atoms with E-state index >= 15 is 0 Å². The van der Waals surface area contributed by atoms with Crippen molar-refractivity contribution in [2.45, 2.75) is 13.0 Å². The molecule has 2 heterocycles. The second-order valence-corrected chi connectivity index (χ2v) is 5.22. The van der Waals surface area contributed by atoms with Gasteiger partial charge in [-0.05, 0) is 19.1 Å². The third-order valence-electron chi connectivity index (χ3n) is 3.52. The normalized spacial score (nSPS) is 19.9. The number of carbonyl (C=O) groups is 1. The molecule has 1 atom stereocenters. The molecule has 120 valence electrons. The van der Waals surface area contributed by atoms with Crippen LogP contribution in [0.15, 0.2) is 18.2 Å². The number of fused-ring (bicyclic) bond motifs is 1. The number of carbonyl (C=O) groups excluding carboxylic acids is 1. The van der Waals surface area contributed by atoms with Crippen LogP contribution >= 0.6 is 0 Å². The molecule has 0 aromatic heterocycles. The maximum absolute atomic E-state index is 12.0. The van der Waals surface area contributed by atoms with Crippen LogP contribution in [0.1, 0.15) is 6.92 Å². The highest BCUT2D eigenvalue weighted by molar-refractivity contribution is 5.74. The summed E-state index contributed by atoms with van der Waals surface area (Å²) in [5, 5.41) is 2.85. The van der Waals surface area contributed by atoms with Crippen LogP contribution < -0.4 is 19.5 Å². The average Bonchev–Trinajstić information content (AvgIpc) is 2.99. The summed E-state index contributed by atoms with van der Waals surface area (Å²) in [6.45, 7) is 4.87. The summed E-state index contributed by atoms with van der Waals surface area (Å²) in [6.07, 6.45) is 0.0874. The third-order valence-corrected chi connectivity index (χ3v) is 3.52. The van der Waals surface area contributed by atoms with Gasteiger partial charge in [0.1, 0.15) is 12.4 Å². The lowest BCUT2D eigenvalue weighted by Crippen LogP contribution is -2.49. The summed E-state index contributed by atoms with van der Waals surface area (Å²) in [6, 6.07) is 5.34. The molecule has 0 unspecified atom stereocenters. The Bertz CT molecular complexity index is 537. The number of morpholine rings is 1. The van der Waals surface area contributed by atoms with Crippen molar-refractivity contribution >= 4 is 6.03 Å². The minimum atomic E-state index is -0.0792. The number of nitrogens with one attached hydrogen (secondary N) is 1. The Balaban J connectivity index is 1.39. The summed E-state index contributed by atoms with van der Waals surface area (Å²) in [4.78, 5) is 13.7. The number of amides is 2. The molecule has 0 saturated carbocycles. The van der Waals surface area contributed by atoms with Crippen LogP contribution in [0.4, 0.5) is 4.79 Å². The number of urea groups is 1. The number of hydrogen-bond donors (Lipinski definition) is 1. The fourth-order valence-corrected chi connectivity index (χ4v) is 2.41. The molecule has 3 rings (SSSR count). The molecule has 1 aromatic carbocycles. The van der Waals surface area contributed by atoms with E-state index in [2.05, 4.69) is 5.32 Å². The van der Waals surface area contributed by atoms with Crippen molar-refractivity contribution in [2.75, 3.05) is 39.6 Å². The standard InChI is InChI=1S/C15H20N2O5/c1-11-9-17(5-7-19-11)15(18)16-4-6-20-12-2-3-13-14(8-12)22-10-21-13/h2-3,8,11H,4-7,9-10H2,1H3,(H,16,18)/t11-/m0/s1. The van der Waals surface area contributed by atoms with Gasteiger partial charge < -0.3 is 29.2 Å². The van der Waals surface area contributed by atoms with Crippen molar-refractivity contribution in [1.82, 2.24) is 10.2 Å². The number of ether oxygens (including phenoxy) is 4. The molecule has 0 radical (unpaired) electrons. The average molecular weight is 308 g/mol. The van der Waals surface area contributed by atoms with Crippen LogP contribution in [0.3, 0.4) is 0 Å². The fraction of sp³-hybridized carbons (Fsp3) is 0.533. The Morgan fingerprint density at radius 2 is 2.27 bits per heavy atom. The van der Waals surface area contributed by atoms with Crippen molar-refractivity contribution in [1.29, 1.82) is 0 Å². The van der Waals surface area contributed by atoms with E-state index in [1.807, 2.05) is 19.1 Å². The largest absolute Gasteiger partial charge is 0.492 e. The van der Waals surface area contributed by atoms with E-state index in [-0.39, 0.29) is 18.9 Å². The van der Waals surface area contributed by atoms with E-state index in [9.17, 15) is 4.79 Å².